The third kappa shape index (κ3) is 4.79. The Kier molecular flexibility index (Phi) is 6.39. The maximum absolute atomic E-state index is 15.0. The lowest BCUT2D eigenvalue weighted by Gasteiger charge is -2.33. The quantitative estimate of drug-likeness (QED) is 0.542. The number of halogens is 6. The van der Waals surface area contributed by atoms with Crippen LogP contribution in [0.4, 0.5) is 26.3 Å². The zero-order valence-electron chi connectivity index (χ0n) is 17.9. The SMILES string of the molecule is Cn1ccc(-c2cc(F)c(C(=O)N[C@@H]3CNCC[C@H]3c3ccc(F)c(F)c3)c(C(F)(F)F)c2)n1. The molecule has 1 aliphatic heterocycles. The molecule has 2 N–H and O–H groups in total. The molecule has 0 saturated carbocycles. The first-order valence-electron chi connectivity index (χ1n) is 10.4. The van der Waals surface area contributed by atoms with E-state index in [1.807, 2.05) is 0 Å². The summed E-state index contributed by atoms with van der Waals surface area (Å²) in [6.07, 6.45) is -3.11. The highest BCUT2D eigenvalue weighted by molar-refractivity contribution is 5.97. The number of amides is 1. The third-order valence-corrected chi connectivity index (χ3v) is 5.80. The molecule has 0 unspecified atom stereocenters. The van der Waals surface area contributed by atoms with E-state index in [9.17, 15) is 31.1 Å². The summed E-state index contributed by atoms with van der Waals surface area (Å²) in [5.41, 5.74) is -2.19. The van der Waals surface area contributed by atoms with Gasteiger partial charge in [0.15, 0.2) is 11.6 Å². The lowest BCUT2D eigenvalue weighted by Crippen LogP contribution is -2.50. The number of carbonyl (C=O) groups is 1. The van der Waals surface area contributed by atoms with Crippen molar-refractivity contribution >= 4 is 5.91 Å². The molecule has 2 heterocycles. The number of piperidine rings is 1. The Morgan fingerprint density at radius 3 is 2.50 bits per heavy atom. The average Bonchev–Trinajstić information content (AvgIpc) is 3.21. The summed E-state index contributed by atoms with van der Waals surface area (Å²) in [5.74, 6) is -5.22. The van der Waals surface area contributed by atoms with E-state index in [0.29, 0.717) is 24.6 Å². The molecule has 0 aliphatic carbocycles. The molecule has 1 saturated heterocycles. The summed E-state index contributed by atoms with van der Waals surface area (Å²) in [4.78, 5) is 12.9. The van der Waals surface area contributed by atoms with Gasteiger partial charge in [-0.15, -0.1) is 0 Å². The number of benzene rings is 2. The van der Waals surface area contributed by atoms with Gasteiger partial charge < -0.3 is 10.6 Å². The van der Waals surface area contributed by atoms with E-state index in [0.717, 1.165) is 18.2 Å². The standard InChI is InChI=1S/C23H20F6N4O/c1-33-7-5-19(32-33)13-8-15(23(27,28)29)21(18(26)10-13)22(34)31-20-11-30-6-4-14(20)12-2-3-16(24)17(25)9-12/h2-3,5,7-10,14,20,30H,4,6,11H2,1H3,(H,31,34)/t14-,20+/m0/s1. The predicted octanol–water partition coefficient (Wildman–Crippen LogP) is 4.40. The van der Waals surface area contributed by atoms with Crippen LogP contribution in [0.25, 0.3) is 11.3 Å². The van der Waals surface area contributed by atoms with Crippen LogP contribution in [0.15, 0.2) is 42.6 Å². The van der Waals surface area contributed by atoms with Crippen LogP contribution in [0.1, 0.15) is 33.8 Å². The summed E-state index contributed by atoms with van der Waals surface area (Å²) in [6, 6.07) is 5.47. The molecule has 2 aromatic carbocycles. The Balaban J connectivity index is 1.68. The van der Waals surface area contributed by atoms with E-state index in [2.05, 4.69) is 15.7 Å². The number of nitrogens with one attached hydrogen (secondary N) is 2. The molecule has 180 valence electrons. The van der Waals surface area contributed by atoms with Crippen LogP contribution in [0.2, 0.25) is 0 Å². The number of carbonyl (C=O) groups excluding carboxylic acids is 1. The molecule has 1 fully saturated rings. The molecule has 3 aromatic rings. The van der Waals surface area contributed by atoms with Crippen LogP contribution in [0.3, 0.4) is 0 Å². The monoisotopic (exact) mass is 482 g/mol. The second kappa shape index (κ2) is 9.13. The van der Waals surface area contributed by atoms with Crippen molar-refractivity contribution in [1.29, 1.82) is 0 Å². The minimum absolute atomic E-state index is 0.119. The number of hydrogen-bond donors (Lipinski definition) is 2. The van der Waals surface area contributed by atoms with E-state index in [1.54, 1.807) is 7.05 Å². The minimum Gasteiger partial charge on any atom is -0.347 e. The second-order valence-electron chi connectivity index (χ2n) is 8.11. The zero-order valence-corrected chi connectivity index (χ0v) is 17.9. The Bertz CT molecular complexity index is 1220. The van der Waals surface area contributed by atoms with E-state index < -0.39 is 52.6 Å². The average molecular weight is 482 g/mol. The van der Waals surface area contributed by atoms with Crippen LogP contribution in [0.5, 0.6) is 0 Å². The number of rotatable bonds is 4. The highest BCUT2D eigenvalue weighted by Gasteiger charge is 2.39. The molecule has 11 heteroatoms. The molecule has 1 amide bonds. The first-order chi connectivity index (χ1) is 16.0. The topological polar surface area (TPSA) is 59.0 Å². The van der Waals surface area contributed by atoms with Crippen molar-refractivity contribution in [2.75, 3.05) is 13.1 Å². The van der Waals surface area contributed by atoms with Gasteiger partial charge in [0.05, 0.1) is 16.8 Å². The van der Waals surface area contributed by atoms with Gasteiger partial charge in [-0.3, -0.25) is 9.48 Å². The Morgan fingerprint density at radius 2 is 1.85 bits per heavy atom. The normalized spacial score (nSPS) is 18.7. The summed E-state index contributed by atoms with van der Waals surface area (Å²) < 4.78 is 84.9. The molecule has 0 bridgehead atoms. The number of nitrogens with zero attached hydrogens (tertiary/aromatic N) is 2. The fourth-order valence-electron chi connectivity index (χ4n) is 4.17. The Hall–Kier alpha value is -3.34. The van der Waals surface area contributed by atoms with Gasteiger partial charge in [0, 0.05) is 37.3 Å². The van der Waals surface area contributed by atoms with Crippen LogP contribution in [-0.2, 0) is 13.2 Å². The number of aromatic nitrogens is 2. The summed E-state index contributed by atoms with van der Waals surface area (Å²) in [5, 5.41) is 9.44. The molecule has 1 aromatic heterocycles. The van der Waals surface area contributed by atoms with E-state index in [-0.39, 0.29) is 17.8 Å². The lowest BCUT2D eigenvalue weighted by molar-refractivity contribution is -0.138. The maximum Gasteiger partial charge on any atom is 0.417 e. The van der Waals surface area contributed by atoms with E-state index in [4.69, 9.17) is 0 Å². The van der Waals surface area contributed by atoms with Crippen LogP contribution >= 0.6 is 0 Å². The fourth-order valence-corrected chi connectivity index (χ4v) is 4.17. The van der Waals surface area contributed by atoms with Gasteiger partial charge in [-0.05, 0) is 48.9 Å². The lowest BCUT2D eigenvalue weighted by atomic mass is 9.85. The third-order valence-electron chi connectivity index (χ3n) is 5.80. The smallest absolute Gasteiger partial charge is 0.347 e. The van der Waals surface area contributed by atoms with Crippen molar-refractivity contribution in [1.82, 2.24) is 20.4 Å². The summed E-state index contributed by atoms with van der Waals surface area (Å²) in [6.45, 7) is 0.654. The molecule has 2 atom stereocenters. The van der Waals surface area contributed by atoms with Crippen LogP contribution in [0, 0.1) is 17.5 Å². The molecule has 0 radical (unpaired) electrons. The van der Waals surface area contributed by atoms with Gasteiger partial charge in [-0.25, -0.2) is 13.2 Å². The van der Waals surface area contributed by atoms with Gasteiger partial charge in [-0.2, -0.15) is 18.3 Å². The minimum atomic E-state index is -5.01. The van der Waals surface area contributed by atoms with Crippen molar-refractivity contribution in [2.24, 2.45) is 7.05 Å². The Labute approximate surface area is 190 Å². The van der Waals surface area contributed by atoms with Gasteiger partial charge >= 0.3 is 6.18 Å². The summed E-state index contributed by atoms with van der Waals surface area (Å²) >= 11 is 0. The maximum atomic E-state index is 15.0. The highest BCUT2D eigenvalue weighted by Crippen LogP contribution is 2.36. The molecular weight excluding hydrogens is 462 g/mol. The van der Waals surface area contributed by atoms with Crippen molar-refractivity contribution < 1.29 is 31.1 Å². The first-order valence-corrected chi connectivity index (χ1v) is 10.4. The van der Waals surface area contributed by atoms with Gasteiger partial charge in [0.1, 0.15) is 5.82 Å². The molecule has 4 rings (SSSR count). The van der Waals surface area contributed by atoms with E-state index >= 15 is 0 Å². The van der Waals surface area contributed by atoms with Crippen LogP contribution in [-0.4, -0.2) is 34.8 Å². The van der Waals surface area contributed by atoms with Crippen molar-refractivity contribution in [2.45, 2.75) is 24.6 Å². The number of hydrogen-bond acceptors (Lipinski definition) is 3. The molecule has 0 spiro atoms. The van der Waals surface area contributed by atoms with Crippen molar-refractivity contribution in [3.8, 4) is 11.3 Å². The molecule has 34 heavy (non-hydrogen) atoms. The van der Waals surface area contributed by atoms with Crippen molar-refractivity contribution in [3.05, 3.63) is 76.7 Å². The fraction of sp³-hybridized carbons (Fsp3) is 0.304. The molecule has 5 nitrogen and oxygen atoms in total. The Morgan fingerprint density at radius 1 is 1.09 bits per heavy atom. The number of aryl methyl sites for hydroxylation is 1. The van der Waals surface area contributed by atoms with Crippen molar-refractivity contribution in [3.63, 3.8) is 0 Å². The molecule has 1 aliphatic rings. The largest absolute Gasteiger partial charge is 0.417 e. The van der Waals surface area contributed by atoms with Gasteiger partial charge in [-0.1, -0.05) is 6.07 Å². The van der Waals surface area contributed by atoms with Gasteiger partial charge in [0.2, 0.25) is 0 Å². The predicted molar refractivity (Wildman–Crippen MR) is 111 cm³/mol. The second-order valence-corrected chi connectivity index (χ2v) is 8.11. The zero-order chi connectivity index (χ0) is 24.6. The first kappa shape index (κ1) is 23.8. The van der Waals surface area contributed by atoms with E-state index in [1.165, 1.54) is 23.0 Å². The highest BCUT2D eigenvalue weighted by atomic mass is 19.4. The number of alkyl halides is 3. The van der Waals surface area contributed by atoms with Gasteiger partial charge in [0.25, 0.3) is 5.91 Å². The molecular formula is C23H20F6N4O. The van der Waals surface area contributed by atoms with Crippen LogP contribution < -0.4 is 10.6 Å². The summed E-state index contributed by atoms with van der Waals surface area (Å²) in [7, 11) is 1.56.